The van der Waals surface area contributed by atoms with Gasteiger partial charge in [0.1, 0.15) is 0 Å². The summed E-state index contributed by atoms with van der Waals surface area (Å²) in [5, 5.41) is 0. The molecule has 0 amide bonds. The minimum atomic E-state index is 0.241. The highest BCUT2D eigenvalue weighted by atomic mass is 35.5. The Morgan fingerprint density at radius 2 is 1.73 bits per heavy atom. The van der Waals surface area contributed by atoms with Gasteiger partial charge in [-0.15, -0.1) is 11.6 Å². The van der Waals surface area contributed by atoms with Gasteiger partial charge in [0.05, 0.1) is 23.1 Å². The number of alkyl halides is 1. The summed E-state index contributed by atoms with van der Waals surface area (Å²) in [6.07, 6.45) is 9.35. The molecule has 0 aliphatic heterocycles. The SMILES string of the molecule is ClC12CC3C[C@@H]([CH+][C@@H](C3)C1)C2. The average molecular weight is 170 g/mol. The zero-order valence-electron chi connectivity index (χ0n) is 6.72. The van der Waals surface area contributed by atoms with E-state index in [4.69, 9.17) is 11.6 Å². The van der Waals surface area contributed by atoms with Crippen LogP contribution in [0.25, 0.3) is 0 Å². The molecule has 0 heterocycles. The van der Waals surface area contributed by atoms with Gasteiger partial charge >= 0.3 is 0 Å². The van der Waals surface area contributed by atoms with Crippen molar-refractivity contribution in [2.24, 2.45) is 17.8 Å². The number of rotatable bonds is 0. The maximum Gasteiger partial charge on any atom is 0.1000 e. The van der Waals surface area contributed by atoms with Gasteiger partial charge in [0, 0.05) is 12.8 Å². The summed E-state index contributed by atoms with van der Waals surface area (Å²) in [6, 6.07) is 0. The smallest absolute Gasteiger partial charge is 0.1000 e. The quantitative estimate of drug-likeness (QED) is 0.386. The Bertz CT molecular complexity index is 150. The van der Waals surface area contributed by atoms with Crippen LogP contribution in [0.5, 0.6) is 0 Å². The second-order valence-electron chi connectivity index (χ2n) is 4.81. The summed E-state index contributed by atoms with van der Waals surface area (Å²) in [6.45, 7) is 0. The largest absolute Gasteiger partial charge is 0.119 e. The third-order valence-electron chi connectivity index (χ3n) is 3.73. The Labute approximate surface area is 73.3 Å². The summed E-state index contributed by atoms with van der Waals surface area (Å²) in [5.41, 5.74) is 0. The monoisotopic (exact) mass is 169 g/mol. The first kappa shape index (κ1) is 6.65. The molecule has 0 N–H and O–H groups in total. The Hall–Kier alpha value is 0.160. The van der Waals surface area contributed by atoms with Gasteiger partial charge in [0.15, 0.2) is 0 Å². The van der Waals surface area contributed by atoms with E-state index in [1.807, 2.05) is 0 Å². The first-order valence-electron chi connectivity index (χ1n) is 4.77. The standard InChI is InChI=1S/C10H14Cl/c11-10-4-7-1-8(5-10)3-9(2-7)6-10/h1,7-9H,2-6H2/q+1/t7-,8+,9?,10?. The van der Waals surface area contributed by atoms with Crippen molar-refractivity contribution < 1.29 is 0 Å². The normalized spacial score (nSPS) is 59.5. The summed E-state index contributed by atoms with van der Waals surface area (Å²) in [4.78, 5) is 0.241. The third kappa shape index (κ3) is 0.917. The molecule has 0 nitrogen and oxygen atoms in total. The minimum Gasteiger partial charge on any atom is -0.119 e. The molecule has 4 fully saturated rings. The van der Waals surface area contributed by atoms with Gasteiger partial charge in [-0.05, 0) is 25.2 Å². The molecule has 0 spiro atoms. The van der Waals surface area contributed by atoms with E-state index in [1.54, 1.807) is 0 Å². The third-order valence-corrected chi connectivity index (χ3v) is 4.19. The number of hydrogen-bond acceptors (Lipinski definition) is 0. The first-order chi connectivity index (χ1) is 5.23. The van der Waals surface area contributed by atoms with Crippen molar-refractivity contribution >= 4 is 11.6 Å². The molecule has 4 aliphatic rings. The van der Waals surface area contributed by atoms with Gasteiger partial charge in [-0.3, -0.25) is 0 Å². The molecule has 0 radical (unpaired) electrons. The van der Waals surface area contributed by atoms with Crippen LogP contribution >= 0.6 is 11.6 Å². The van der Waals surface area contributed by atoms with Crippen LogP contribution in [0.3, 0.4) is 0 Å². The molecule has 4 saturated carbocycles. The van der Waals surface area contributed by atoms with Crippen molar-refractivity contribution in [1.29, 1.82) is 0 Å². The second kappa shape index (κ2) is 1.90. The minimum absolute atomic E-state index is 0.241. The fourth-order valence-electron chi connectivity index (χ4n) is 3.67. The van der Waals surface area contributed by atoms with Crippen LogP contribution < -0.4 is 0 Å². The van der Waals surface area contributed by atoms with Crippen molar-refractivity contribution in [3.63, 3.8) is 0 Å². The molecule has 0 saturated heterocycles. The number of hydrogen-bond donors (Lipinski definition) is 0. The van der Waals surface area contributed by atoms with Gasteiger partial charge in [-0.25, -0.2) is 0 Å². The predicted molar refractivity (Wildman–Crippen MR) is 46.4 cm³/mol. The van der Waals surface area contributed by atoms with E-state index in [2.05, 4.69) is 6.42 Å². The molecular formula is C10H14Cl+. The van der Waals surface area contributed by atoms with Crippen molar-refractivity contribution in [2.45, 2.75) is 37.0 Å². The highest BCUT2D eigenvalue weighted by molar-refractivity contribution is 6.24. The molecule has 4 aliphatic carbocycles. The van der Waals surface area contributed by atoms with E-state index in [-0.39, 0.29) is 4.87 Å². The van der Waals surface area contributed by atoms with Gasteiger partial charge in [0.2, 0.25) is 0 Å². The van der Waals surface area contributed by atoms with Crippen LogP contribution in [0.2, 0.25) is 0 Å². The van der Waals surface area contributed by atoms with Crippen molar-refractivity contribution in [2.75, 3.05) is 0 Å². The van der Waals surface area contributed by atoms with E-state index < -0.39 is 0 Å². The van der Waals surface area contributed by atoms with Crippen LogP contribution in [0.15, 0.2) is 0 Å². The average Bonchev–Trinajstić information content (AvgIpc) is 1.79. The Balaban J connectivity index is 1.94. The van der Waals surface area contributed by atoms with E-state index in [1.165, 1.54) is 32.1 Å². The van der Waals surface area contributed by atoms with Crippen LogP contribution in [0.1, 0.15) is 32.1 Å². The van der Waals surface area contributed by atoms with Gasteiger partial charge < -0.3 is 0 Å². The Kier molecular flexibility index (Phi) is 1.15. The molecule has 60 valence electrons. The van der Waals surface area contributed by atoms with E-state index >= 15 is 0 Å². The van der Waals surface area contributed by atoms with Gasteiger partial charge in [-0.2, -0.15) is 0 Å². The lowest BCUT2D eigenvalue weighted by atomic mass is 9.56. The molecule has 4 atom stereocenters. The van der Waals surface area contributed by atoms with Gasteiger partial charge in [0.25, 0.3) is 0 Å². The van der Waals surface area contributed by atoms with Crippen molar-refractivity contribution in [3.8, 4) is 0 Å². The molecular weight excluding hydrogens is 156 g/mol. The highest BCUT2D eigenvalue weighted by Crippen LogP contribution is 2.57. The maximum atomic E-state index is 6.51. The summed E-state index contributed by atoms with van der Waals surface area (Å²) in [5.74, 6) is 2.76. The van der Waals surface area contributed by atoms with E-state index in [0.29, 0.717) is 0 Å². The first-order valence-corrected chi connectivity index (χ1v) is 5.15. The lowest BCUT2D eigenvalue weighted by Crippen LogP contribution is -2.47. The summed E-state index contributed by atoms with van der Waals surface area (Å²) in [7, 11) is 0. The highest BCUT2D eigenvalue weighted by Gasteiger charge is 2.55. The molecule has 2 unspecified atom stereocenters. The van der Waals surface area contributed by atoms with E-state index in [0.717, 1.165) is 17.8 Å². The van der Waals surface area contributed by atoms with Crippen molar-refractivity contribution in [3.05, 3.63) is 6.42 Å². The van der Waals surface area contributed by atoms with Crippen LogP contribution in [0.4, 0.5) is 0 Å². The van der Waals surface area contributed by atoms with E-state index in [9.17, 15) is 0 Å². The predicted octanol–water partition coefficient (Wildman–Crippen LogP) is 3.01. The maximum absolute atomic E-state index is 6.51. The second-order valence-corrected chi connectivity index (χ2v) is 5.62. The number of halogens is 1. The Morgan fingerprint density at radius 1 is 1.09 bits per heavy atom. The fourth-order valence-corrected chi connectivity index (χ4v) is 4.29. The van der Waals surface area contributed by atoms with Crippen molar-refractivity contribution in [1.82, 2.24) is 0 Å². The molecule has 0 aromatic heterocycles. The van der Waals surface area contributed by atoms with Crippen LogP contribution in [-0.2, 0) is 0 Å². The summed E-state index contributed by atoms with van der Waals surface area (Å²) < 4.78 is 0. The molecule has 4 rings (SSSR count). The fraction of sp³-hybridized carbons (Fsp3) is 0.900. The molecule has 4 bridgehead atoms. The van der Waals surface area contributed by atoms with Crippen LogP contribution in [-0.4, -0.2) is 4.87 Å². The summed E-state index contributed by atoms with van der Waals surface area (Å²) >= 11 is 6.51. The topological polar surface area (TPSA) is 0 Å². The molecule has 1 heteroatoms. The lowest BCUT2D eigenvalue weighted by Gasteiger charge is -2.48. The molecule has 0 aromatic rings. The lowest BCUT2D eigenvalue weighted by molar-refractivity contribution is 0.0819. The Morgan fingerprint density at radius 3 is 2.18 bits per heavy atom. The van der Waals surface area contributed by atoms with Gasteiger partial charge in [-0.1, -0.05) is 0 Å². The zero-order valence-corrected chi connectivity index (χ0v) is 7.48. The van der Waals surface area contributed by atoms with Crippen LogP contribution in [0, 0.1) is 24.2 Å². The zero-order chi connectivity index (χ0) is 7.47. The molecule has 0 aromatic carbocycles. The molecule has 11 heavy (non-hydrogen) atoms.